The third kappa shape index (κ3) is 5.33. The quantitative estimate of drug-likeness (QED) is 0.425. The number of nitrogens with one attached hydrogen (secondary N) is 1. The van der Waals surface area contributed by atoms with E-state index in [1.807, 2.05) is 0 Å². The van der Waals surface area contributed by atoms with Crippen LogP contribution in [0.5, 0.6) is 0 Å². The van der Waals surface area contributed by atoms with Gasteiger partial charge in [0.25, 0.3) is 0 Å². The van der Waals surface area contributed by atoms with Gasteiger partial charge in [0.15, 0.2) is 0 Å². The standard InChI is InChI=1S/C12H17N3O4/c1-9-7-10(15(18)19)12(14-8-9)13-6-4-2-3-5-11(16)17/h7-8H,2-6H2,1H3,(H,13,14)(H,16,17). The number of aliphatic carboxylic acids is 1. The van der Waals surface area contributed by atoms with Crippen LogP contribution >= 0.6 is 0 Å². The van der Waals surface area contributed by atoms with Gasteiger partial charge in [-0.3, -0.25) is 14.9 Å². The van der Waals surface area contributed by atoms with Crippen molar-refractivity contribution in [3.05, 3.63) is 27.9 Å². The zero-order valence-corrected chi connectivity index (χ0v) is 10.8. The molecule has 0 radical (unpaired) electrons. The van der Waals surface area contributed by atoms with Gasteiger partial charge in [-0.2, -0.15) is 0 Å². The molecular weight excluding hydrogens is 250 g/mol. The fraction of sp³-hybridized carbons (Fsp3) is 0.500. The minimum absolute atomic E-state index is 0.0365. The van der Waals surface area contributed by atoms with Crippen molar-refractivity contribution in [2.75, 3.05) is 11.9 Å². The van der Waals surface area contributed by atoms with Crippen LogP contribution in [0.15, 0.2) is 12.3 Å². The van der Waals surface area contributed by atoms with E-state index in [9.17, 15) is 14.9 Å². The minimum Gasteiger partial charge on any atom is -0.481 e. The van der Waals surface area contributed by atoms with Crippen molar-refractivity contribution in [3.8, 4) is 0 Å². The van der Waals surface area contributed by atoms with E-state index in [2.05, 4.69) is 10.3 Å². The fourth-order valence-corrected chi connectivity index (χ4v) is 1.61. The lowest BCUT2D eigenvalue weighted by Gasteiger charge is -2.06. The van der Waals surface area contributed by atoms with Crippen molar-refractivity contribution >= 4 is 17.5 Å². The smallest absolute Gasteiger partial charge is 0.311 e. The van der Waals surface area contributed by atoms with Crippen LogP contribution in [0.4, 0.5) is 11.5 Å². The Morgan fingerprint density at radius 2 is 2.21 bits per heavy atom. The summed E-state index contributed by atoms with van der Waals surface area (Å²) >= 11 is 0. The lowest BCUT2D eigenvalue weighted by Crippen LogP contribution is -2.06. The van der Waals surface area contributed by atoms with Gasteiger partial charge in [-0.25, -0.2) is 4.98 Å². The first-order valence-electron chi connectivity index (χ1n) is 6.07. The molecule has 1 aromatic rings. The summed E-state index contributed by atoms with van der Waals surface area (Å²) in [6, 6.07) is 1.47. The molecule has 0 aliphatic heterocycles. The summed E-state index contributed by atoms with van der Waals surface area (Å²) in [7, 11) is 0. The number of carbonyl (C=O) groups is 1. The molecule has 104 valence electrons. The molecule has 0 aliphatic rings. The van der Waals surface area contributed by atoms with E-state index in [0.717, 1.165) is 18.4 Å². The first-order chi connectivity index (χ1) is 9.00. The molecule has 0 aromatic carbocycles. The van der Waals surface area contributed by atoms with Gasteiger partial charge in [0, 0.05) is 25.2 Å². The second kappa shape index (κ2) is 7.30. The van der Waals surface area contributed by atoms with Crippen LogP contribution in [0.2, 0.25) is 0 Å². The van der Waals surface area contributed by atoms with Crippen LogP contribution in [-0.4, -0.2) is 27.5 Å². The third-order valence-corrected chi connectivity index (χ3v) is 2.56. The molecule has 0 amide bonds. The van der Waals surface area contributed by atoms with Crippen LogP contribution in [0.1, 0.15) is 31.2 Å². The van der Waals surface area contributed by atoms with E-state index in [1.165, 1.54) is 6.07 Å². The Bertz CT molecular complexity index is 462. The Balaban J connectivity index is 2.41. The van der Waals surface area contributed by atoms with Crippen LogP contribution in [0.3, 0.4) is 0 Å². The van der Waals surface area contributed by atoms with Gasteiger partial charge in [-0.1, -0.05) is 6.42 Å². The van der Waals surface area contributed by atoms with Crippen molar-refractivity contribution in [2.24, 2.45) is 0 Å². The summed E-state index contributed by atoms with van der Waals surface area (Å²) in [4.78, 5) is 24.7. The van der Waals surface area contributed by atoms with Gasteiger partial charge in [0.2, 0.25) is 5.82 Å². The van der Waals surface area contributed by atoms with Crippen LogP contribution < -0.4 is 5.32 Å². The number of nitro groups is 1. The highest BCUT2D eigenvalue weighted by Gasteiger charge is 2.14. The van der Waals surface area contributed by atoms with Gasteiger partial charge in [-0.15, -0.1) is 0 Å². The van der Waals surface area contributed by atoms with E-state index in [1.54, 1.807) is 13.1 Å². The first kappa shape index (κ1) is 14.9. The molecule has 0 aliphatic carbocycles. The Labute approximate surface area is 110 Å². The van der Waals surface area contributed by atoms with Crippen LogP contribution in [0.25, 0.3) is 0 Å². The third-order valence-electron chi connectivity index (χ3n) is 2.56. The van der Waals surface area contributed by atoms with Gasteiger partial charge >= 0.3 is 11.7 Å². The van der Waals surface area contributed by atoms with Crippen molar-refractivity contribution in [1.82, 2.24) is 4.98 Å². The van der Waals surface area contributed by atoms with Crippen molar-refractivity contribution < 1.29 is 14.8 Å². The van der Waals surface area contributed by atoms with E-state index in [0.29, 0.717) is 13.0 Å². The average Bonchev–Trinajstić information content (AvgIpc) is 2.34. The molecule has 7 nitrogen and oxygen atoms in total. The van der Waals surface area contributed by atoms with E-state index >= 15 is 0 Å². The number of carboxylic acids is 1. The monoisotopic (exact) mass is 267 g/mol. The number of pyridine rings is 1. The second-order valence-electron chi connectivity index (χ2n) is 4.27. The molecule has 19 heavy (non-hydrogen) atoms. The number of unbranched alkanes of at least 4 members (excludes halogenated alkanes) is 2. The van der Waals surface area contributed by atoms with Crippen LogP contribution in [0, 0.1) is 17.0 Å². The summed E-state index contributed by atoms with van der Waals surface area (Å²) in [5.74, 6) is -0.544. The molecule has 0 fully saturated rings. The highest BCUT2D eigenvalue weighted by Crippen LogP contribution is 2.22. The molecule has 7 heteroatoms. The topological polar surface area (TPSA) is 105 Å². The second-order valence-corrected chi connectivity index (χ2v) is 4.27. The molecular formula is C12H17N3O4. The van der Waals surface area contributed by atoms with Crippen molar-refractivity contribution in [3.63, 3.8) is 0 Å². The molecule has 2 N–H and O–H groups in total. The van der Waals surface area contributed by atoms with E-state index < -0.39 is 10.9 Å². The molecule has 1 aromatic heterocycles. The predicted octanol–water partition coefficient (Wildman–Crippen LogP) is 2.36. The fourth-order valence-electron chi connectivity index (χ4n) is 1.61. The maximum atomic E-state index is 10.8. The summed E-state index contributed by atoms with van der Waals surface area (Å²) in [6.45, 7) is 2.28. The number of aromatic nitrogens is 1. The molecule has 0 spiro atoms. The molecule has 0 atom stereocenters. The highest BCUT2D eigenvalue weighted by molar-refractivity contribution is 5.66. The van der Waals surface area contributed by atoms with E-state index in [4.69, 9.17) is 5.11 Å². The lowest BCUT2D eigenvalue weighted by molar-refractivity contribution is -0.384. The number of carboxylic acid groups (broad SMARTS) is 1. The SMILES string of the molecule is Cc1cnc(NCCCCCC(=O)O)c([N+](=O)[O-])c1. The summed E-state index contributed by atoms with van der Waals surface area (Å²) in [6.07, 6.45) is 3.85. The molecule has 1 rings (SSSR count). The summed E-state index contributed by atoms with van der Waals surface area (Å²) in [5.41, 5.74) is 0.698. The lowest BCUT2D eigenvalue weighted by atomic mass is 10.2. The largest absolute Gasteiger partial charge is 0.481 e. The zero-order valence-electron chi connectivity index (χ0n) is 10.8. The normalized spacial score (nSPS) is 10.2. The summed E-state index contributed by atoms with van der Waals surface area (Å²) < 4.78 is 0. The maximum Gasteiger partial charge on any atom is 0.311 e. The van der Waals surface area contributed by atoms with Gasteiger partial charge in [0.05, 0.1) is 4.92 Å². The molecule has 0 bridgehead atoms. The number of nitrogens with zero attached hydrogens (tertiary/aromatic N) is 2. The number of rotatable bonds is 8. The van der Waals surface area contributed by atoms with Crippen molar-refractivity contribution in [2.45, 2.75) is 32.6 Å². The Morgan fingerprint density at radius 1 is 1.47 bits per heavy atom. The maximum absolute atomic E-state index is 10.8. The van der Waals surface area contributed by atoms with Gasteiger partial charge < -0.3 is 10.4 Å². The average molecular weight is 267 g/mol. The molecule has 1 heterocycles. The molecule has 0 saturated heterocycles. The number of hydrogen-bond acceptors (Lipinski definition) is 5. The molecule has 0 unspecified atom stereocenters. The first-order valence-corrected chi connectivity index (χ1v) is 6.07. The van der Waals surface area contributed by atoms with Gasteiger partial charge in [0.1, 0.15) is 0 Å². The van der Waals surface area contributed by atoms with Gasteiger partial charge in [-0.05, 0) is 25.3 Å². The zero-order chi connectivity index (χ0) is 14.3. The molecule has 0 saturated carbocycles. The summed E-state index contributed by atoms with van der Waals surface area (Å²) in [5, 5.41) is 22.2. The Morgan fingerprint density at radius 3 is 2.84 bits per heavy atom. The number of anilines is 1. The van der Waals surface area contributed by atoms with Crippen molar-refractivity contribution in [1.29, 1.82) is 0 Å². The highest BCUT2D eigenvalue weighted by atomic mass is 16.6. The number of aryl methyl sites for hydroxylation is 1. The van der Waals surface area contributed by atoms with Crippen LogP contribution in [-0.2, 0) is 4.79 Å². The predicted molar refractivity (Wildman–Crippen MR) is 70.2 cm³/mol. The Kier molecular flexibility index (Phi) is 5.72. The Hall–Kier alpha value is -2.18. The number of hydrogen-bond donors (Lipinski definition) is 2. The van der Waals surface area contributed by atoms with E-state index in [-0.39, 0.29) is 17.9 Å². The minimum atomic E-state index is -0.802.